The molecule has 4 aromatic carbocycles. The standard InChI is InChI=1S/C35H36F3N3O3S/c1-4-26-18-29(22-32(20-26)41(45(3,43)44)31-16-9-6-10-17-31)34(42)40-33(21-27-12-7-5-8-13-27)25(2)23-39-24-28-14-11-15-30(19-28)35(36,37)38/h4-20,22,25,33,39H,1,21,23-24H2,2-3H3,(H,40,42)/t25-,33+/m1/s1. The molecule has 0 radical (unpaired) electrons. The van der Waals surface area contributed by atoms with Crippen LogP contribution in [0, 0.1) is 5.92 Å². The van der Waals surface area contributed by atoms with Crippen LogP contribution >= 0.6 is 0 Å². The monoisotopic (exact) mass is 635 g/mol. The van der Waals surface area contributed by atoms with E-state index in [1.165, 1.54) is 16.4 Å². The number of anilines is 2. The van der Waals surface area contributed by atoms with Gasteiger partial charge >= 0.3 is 6.18 Å². The van der Waals surface area contributed by atoms with Crippen molar-refractivity contribution < 1.29 is 26.4 Å². The molecule has 0 fully saturated rings. The predicted octanol–water partition coefficient (Wildman–Crippen LogP) is 7.21. The second-order valence-electron chi connectivity index (χ2n) is 11.0. The second kappa shape index (κ2) is 14.6. The lowest BCUT2D eigenvalue weighted by Crippen LogP contribution is -2.44. The molecule has 0 heterocycles. The van der Waals surface area contributed by atoms with Crippen molar-refractivity contribution in [3.8, 4) is 0 Å². The molecule has 0 aliphatic heterocycles. The number of rotatable bonds is 13. The summed E-state index contributed by atoms with van der Waals surface area (Å²) in [5.41, 5.74) is 2.35. The Hall–Kier alpha value is -4.41. The third-order valence-corrected chi connectivity index (χ3v) is 8.43. The third kappa shape index (κ3) is 9.29. The number of hydrogen-bond acceptors (Lipinski definition) is 4. The molecule has 2 N–H and O–H groups in total. The molecule has 6 nitrogen and oxygen atoms in total. The summed E-state index contributed by atoms with van der Waals surface area (Å²) in [4.78, 5) is 13.8. The van der Waals surface area contributed by atoms with Crippen molar-refractivity contribution in [2.24, 2.45) is 5.92 Å². The SMILES string of the molecule is C=Cc1cc(C(=O)N[C@@H](Cc2ccccc2)[C@H](C)CNCc2cccc(C(F)(F)F)c2)cc(N(c2ccccc2)S(C)(=O)=O)c1. The fourth-order valence-electron chi connectivity index (χ4n) is 5.05. The number of carbonyl (C=O) groups is 1. The van der Waals surface area contributed by atoms with E-state index in [0.717, 1.165) is 24.0 Å². The Kier molecular flexibility index (Phi) is 10.8. The van der Waals surface area contributed by atoms with Crippen molar-refractivity contribution in [1.29, 1.82) is 0 Å². The Morgan fingerprint density at radius 2 is 1.53 bits per heavy atom. The van der Waals surface area contributed by atoms with Gasteiger partial charge in [0.05, 0.1) is 23.2 Å². The number of halogens is 3. The molecule has 10 heteroatoms. The van der Waals surface area contributed by atoms with Crippen molar-refractivity contribution in [2.45, 2.75) is 32.1 Å². The lowest BCUT2D eigenvalue weighted by Gasteiger charge is -2.27. The van der Waals surface area contributed by atoms with E-state index < -0.39 is 27.7 Å². The number of sulfonamides is 1. The summed E-state index contributed by atoms with van der Waals surface area (Å²) in [7, 11) is -3.76. The third-order valence-electron chi connectivity index (χ3n) is 7.35. The van der Waals surface area contributed by atoms with Gasteiger partial charge in [0, 0.05) is 18.2 Å². The molecule has 236 valence electrons. The predicted molar refractivity (Wildman–Crippen MR) is 174 cm³/mol. The first-order valence-electron chi connectivity index (χ1n) is 14.4. The van der Waals surface area contributed by atoms with Crippen LogP contribution in [0.4, 0.5) is 24.5 Å². The van der Waals surface area contributed by atoms with Crippen molar-refractivity contribution in [1.82, 2.24) is 10.6 Å². The molecular weight excluding hydrogens is 599 g/mol. The van der Waals surface area contributed by atoms with Crippen LogP contribution in [-0.2, 0) is 29.2 Å². The molecule has 0 unspecified atom stereocenters. The molecular formula is C35H36F3N3O3S. The number of benzene rings is 4. The van der Waals surface area contributed by atoms with E-state index >= 15 is 0 Å². The van der Waals surface area contributed by atoms with Crippen molar-refractivity contribution >= 4 is 33.4 Å². The first-order chi connectivity index (χ1) is 21.3. The topological polar surface area (TPSA) is 78.5 Å². The first-order valence-corrected chi connectivity index (χ1v) is 16.2. The van der Waals surface area contributed by atoms with Gasteiger partial charge in [0.1, 0.15) is 0 Å². The van der Waals surface area contributed by atoms with E-state index in [1.807, 2.05) is 37.3 Å². The minimum absolute atomic E-state index is 0.126. The first kappa shape index (κ1) is 33.5. The van der Waals surface area contributed by atoms with Crippen LogP contribution in [0.5, 0.6) is 0 Å². The number of amides is 1. The van der Waals surface area contributed by atoms with E-state index in [0.29, 0.717) is 35.5 Å². The molecule has 0 bridgehead atoms. The highest BCUT2D eigenvalue weighted by molar-refractivity contribution is 7.92. The van der Waals surface area contributed by atoms with Crippen LogP contribution in [0.25, 0.3) is 6.08 Å². The summed E-state index contributed by atoms with van der Waals surface area (Å²) in [5.74, 6) is -0.522. The average molecular weight is 636 g/mol. The van der Waals surface area contributed by atoms with Gasteiger partial charge in [0.15, 0.2) is 0 Å². The smallest absolute Gasteiger partial charge is 0.349 e. The summed E-state index contributed by atoms with van der Waals surface area (Å²) in [6, 6.07) is 27.9. The molecule has 0 aliphatic carbocycles. The van der Waals surface area contributed by atoms with E-state index in [1.54, 1.807) is 54.6 Å². The molecule has 0 saturated heterocycles. The zero-order chi connectivity index (χ0) is 32.6. The maximum absolute atomic E-state index is 13.8. The normalized spacial score (nSPS) is 13.1. The molecule has 0 aliphatic rings. The quantitative estimate of drug-likeness (QED) is 0.163. The molecule has 1 amide bonds. The highest BCUT2D eigenvalue weighted by Gasteiger charge is 2.30. The van der Waals surface area contributed by atoms with Gasteiger partial charge in [-0.25, -0.2) is 12.7 Å². The van der Waals surface area contributed by atoms with Crippen LogP contribution in [0.1, 0.15) is 39.5 Å². The van der Waals surface area contributed by atoms with E-state index in [9.17, 15) is 26.4 Å². The number of nitrogens with zero attached hydrogens (tertiary/aromatic N) is 1. The zero-order valence-corrected chi connectivity index (χ0v) is 25.9. The van der Waals surface area contributed by atoms with E-state index in [2.05, 4.69) is 17.2 Å². The molecule has 0 spiro atoms. The van der Waals surface area contributed by atoms with Gasteiger partial charge in [-0.15, -0.1) is 0 Å². The molecule has 0 aromatic heterocycles. The van der Waals surface area contributed by atoms with Crippen LogP contribution in [-0.4, -0.2) is 33.2 Å². The van der Waals surface area contributed by atoms with Gasteiger partial charge < -0.3 is 10.6 Å². The Morgan fingerprint density at radius 1 is 0.889 bits per heavy atom. The fraction of sp³-hybridized carbons (Fsp3) is 0.229. The highest BCUT2D eigenvalue weighted by atomic mass is 32.2. The van der Waals surface area contributed by atoms with Crippen LogP contribution in [0.15, 0.2) is 110 Å². The lowest BCUT2D eigenvalue weighted by atomic mass is 9.94. The number of alkyl halides is 3. The van der Waals surface area contributed by atoms with Crippen LogP contribution in [0.2, 0.25) is 0 Å². The fourth-order valence-corrected chi connectivity index (χ4v) is 6.05. The zero-order valence-electron chi connectivity index (χ0n) is 25.1. The lowest BCUT2D eigenvalue weighted by molar-refractivity contribution is -0.137. The molecule has 4 rings (SSSR count). The van der Waals surface area contributed by atoms with Crippen molar-refractivity contribution in [2.75, 3.05) is 17.1 Å². The molecule has 45 heavy (non-hydrogen) atoms. The van der Waals surface area contributed by atoms with Crippen LogP contribution < -0.4 is 14.9 Å². The Bertz CT molecular complexity index is 1710. The highest BCUT2D eigenvalue weighted by Crippen LogP contribution is 2.31. The molecule has 2 atom stereocenters. The summed E-state index contributed by atoms with van der Waals surface area (Å²) in [5, 5.41) is 6.36. The van der Waals surface area contributed by atoms with Gasteiger partial charge in [-0.3, -0.25) is 4.79 Å². The minimum Gasteiger partial charge on any atom is -0.349 e. The number of para-hydroxylation sites is 1. The Morgan fingerprint density at radius 3 is 2.16 bits per heavy atom. The number of hydrogen-bond donors (Lipinski definition) is 2. The van der Waals surface area contributed by atoms with Crippen LogP contribution in [0.3, 0.4) is 0 Å². The Balaban J connectivity index is 1.57. The van der Waals surface area contributed by atoms with Crippen molar-refractivity contribution in [3.05, 3.63) is 138 Å². The molecule has 4 aromatic rings. The largest absolute Gasteiger partial charge is 0.416 e. The van der Waals surface area contributed by atoms with Gasteiger partial charge in [-0.1, -0.05) is 86.3 Å². The second-order valence-corrected chi connectivity index (χ2v) is 12.8. The minimum atomic E-state index is -4.42. The maximum atomic E-state index is 13.8. The summed E-state index contributed by atoms with van der Waals surface area (Å²) < 4.78 is 66.4. The summed E-state index contributed by atoms with van der Waals surface area (Å²) >= 11 is 0. The van der Waals surface area contributed by atoms with E-state index in [4.69, 9.17) is 0 Å². The van der Waals surface area contributed by atoms with Gasteiger partial charge in [0.2, 0.25) is 10.0 Å². The summed E-state index contributed by atoms with van der Waals surface area (Å²) in [6.07, 6.45) is -1.26. The van der Waals surface area contributed by atoms with Gasteiger partial charge in [-0.2, -0.15) is 13.2 Å². The average Bonchev–Trinajstić information content (AvgIpc) is 3.00. The Labute approximate surface area is 262 Å². The molecule has 0 saturated carbocycles. The number of nitrogens with one attached hydrogen (secondary N) is 2. The number of carbonyl (C=O) groups excluding carboxylic acids is 1. The van der Waals surface area contributed by atoms with Crippen molar-refractivity contribution in [3.63, 3.8) is 0 Å². The van der Waals surface area contributed by atoms with Gasteiger partial charge in [-0.05, 0) is 72.0 Å². The van der Waals surface area contributed by atoms with E-state index in [-0.39, 0.29) is 24.1 Å². The van der Waals surface area contributed by atoms with Gasteiger partial charge in [0.25, 0.3) is 5.91 Å². The maximum Gasteiger partial charge on any atom is 0.416 e. The summed E-state index contributed by atoms with van der Waals surface area (Å²) in [6.45, 7) is 6.42.